The van der Waals surface area contributed by atoms with Gasteiger partial charge in [0.25, 0.3) is 0 Å². The molecule has 8 aromatic carbocycles. The van der Waals surface area contributed by atoms with Crippen LogP contribution in [0.2, 0.25) is 0 Å². The molecule has 0 saturated heterocycles. The number of phenolic OH excluding ortho intramolecular Hbond substituents is 1. The first-order chi connectivity index (χ1) is 33.2. The molecule has 0 radical (unpaired) electrons. The molecular weight excluding hydrogens is 1030 g/mol. The Morgan fingerprint density at radius 1 is 0.457 bits per heavy atom. The Labute approximate surface area is 428 Å². The SMILES string of the molecule is CC(C)(C)c1ccc(-n2c(-c3cccc(-c4ccccc4)c3O)nc3c(-c4[c-]c(-c5cc(-c6ccc(C(C)(C)C(C)(C)C)cc6)ccn5)cc(-c5ccccc5)c4)cccc32)c(-c2ccccc2)c1.[Pt]. The Kier molecular flexibility index (Phi) is 13.0. The number of nitrogens with zero attached hydrogens (tertiary/aromatic N) is 3. The maximum atomic E-state index is 12.4. The van der Waals surface area contributed by atoms with E-state index in [1.54, 1.807) is 0 Å². The summed E-state index contributed by atoms with van der Waals surface area (Å²) < 4.78 is 2.23. The van der Waals surface area contributed by atoms with Crippen LogP contribution in [0.4, 0.5) is 0 Å². The van der Waals surface area contributed by atoms with Crippen LogP contribution in [0.25, 0.3) is 95.0 Å². The summed E-state index contributed by atoms with van der Waals surface area (Å²) in [6.07, 6.45) is 1.90. The molecule has 0 unspecified atom stereocenters. The number of hydrogen-bond acceptors (Lipinski definition) is 3. The van der Waals surface area contributed by atoms with Crippen LogP contribution in [0, 0.1) is 11.5 Å². The molecule has 0 atom stereocenters. The minimum Gasteiger partial charge on any atom is -0.507 e. The molecule has 0 amide bonds. The van der Waals surface area contributed by atoms with Gasteiger partial charge in [0, 0.05) is 44.1 Å². The minimum absolute atomic E-state index is 0. The van der Waals surface area contributed by atoms with Crippen molar-refractivity contribution in [3.8, 4) is 89.7 Å². The van der Waals surface area contributed by atoms with Crippen molar-refractivity contribution in [3.63, 3.8) is 0 Å². The van der Waals surface area contributed by atoms with Gasteiger partial charge in [0.15, 0.2) is 0 Å². The third kappa shape index (κ3) is 9.10. The molecule has 10 rings (SSSR count). The molecule has 1 N–H and O–H groups in total. The zero-order valence-electron chi connectivity index (χ0n) is 41.2. The van der Waals surface area contributed by atoms with E-state index >= 15 is 0 Å². The predicted molar refractivity (Wildman–Crippen MR) is 289 cm³/mol. The number of phenols is 1. The summed E-state index contributed by atoms with van der Waals surface area (Å²) in [5.74, 6) is 0.812. The number of aromatic nitrogens is 3. The fraction of sp³-hybridized carbons (Fsp3) is 0.169. The standard InChI is InChI=1S/C65H58N3O.Pt/c1-63(2,3)52-34-35-58(56(42-52)46-24-16-11-17-25-46)68-59-29-19-26-53(60(59)67-62(68)55-28-18-27-54(61(55)69)45-22-14-10-15-23-45)49-38-48(43-20-12-9-13-21-43)39-50(40-49)57-41-47(36-37-66-57)44-30-32-51(33-31-44)65(7,8)64(4,5)6;/h9-39,41-42,69H,1-8H3;/q-1;. The van der Waals surface area contributed by atoms with Gasteiger partial charge in [0.1, 0.15) is 11.6 Å². The summed E-state index contributed by atoms with van der Waals surface area (Å²) in [6, 6.07) is 71.8. The van der Waals surface area contributed by atoms with E-state index in [-0.39, 0.29) is 43.1 Å². The summed E-state index contributed by atoms with van der Waals surface area (Å²) in [6.45, 7) is 18.3. The van der Waals surface area contributed by atoms with E-state index in [4.69, 9.17) is 9.97 Å². The molecule has 0 saturated carbocycles. The van der Waals surface area contributed by atoms with Crippen molar-refractivity contribution in [3.05, 3.63) is 218 Å². The van der Waals surface area contributed by atoms with Gasteiger partial charge in [-0.2, -0.15) is 0 Å². The molecule has 2 heterocycles. The first-order valence-corrected chi connectivity index (χ1v) is 24.0. The molecule has 0 bridgehead atoms. The second-order valence-corrected chi connectivity index (χ2v) is 20.8. The van der Waals surface area contributed by atoms with E-state index in [1.165, 1.54) is 11.1 Å². The molecule has 0 aliphatic heterocycles. The summed E-state index contributed by atoms with van der Waals surface area (Å²) in [5.41, 5.74) is 17.6. The molecule has 70 heavy (non-hydrogen) atoms. The topological polar surface area (TPSA) is 50.9 Å². The number of pyridine rings is 1. The van der Waals surface area contributed by atoms with Crippen LogP contribution in [0.15, 0.2) is 200 Å². The number of rotatable bonds is 9. The summed E-state index contributed by atoms with van der Waals surface area (Å²) in [4.78, 5) is 10.6. The average Bonchev–Trinajstić information content (AvgIpc) is 3.76. The van der Waals surface area contributed by atoms with Crippen molar-refractivity contribution in [2.24, 2.45) is 5.41 Å². The zero-order valence-corrected chi connectivity index (χ0v) is 43.4. The quantitative estimate of drug-likeness (QED) is 0.147. The van der Waals surface area contributed by atoms with E-state index in [0.717, 1.165) is 83.6 Å². The van der Waals surface area contributed by atoms with Gasteiger partial charge >= 0.3 is 0 Å². The molecule has 4 nitrogen and oxygen atoms in total. The summed E-state index contributed by atoms with van der Waals surface area (Å²) in [7, 11) is 0. The Balaban J connectivity index is 0.00000608. The molecule has 0 aliphatic carbocycles. The van der Waals surface area contributed by atoms with Crippen LogP contribution in [0.5, 0.6) is 5.75 Å². The predicted octanol–water partition coefficient (Wildman–Crippen LogP) is 17.2. The third-order valence-corrected chi connectivity index (χ3v) is 14.4. The second-order valence-electron chi connectivity index (χ2n) is 20.8. The third-order valence-electron chi connectivity index (χ3n) is 14.4. The van der Waals surface area contributed by atoms with Crippen molar-refractivity contribution < 1.29 is 26.2 Å². The Morgan fingerprint density at radius 3 is 1.66 bits per heavy atom. The molecule has 2 aromatic heterocycles. The number of benzene rings is 8. The van der Waals surface area contributed by atoms with Crippen molar-refractivity contribution in [1.82, 2.24) is 14.5 Å². The van der Waals surface area contributed by atoms with Crippen LogP contribution >= 0.6 is 0 Å². The van der Waals surface area contributed by atoms with Crippen LogP contribution < -0.4 is 0 Å². The smallest absolute Gasteiger partial charge is 0.148 e. The van der Waals surface area contributed by atoms with Crippen LogP contribution in [-0.4, -0.2) is 19.6 Å². The molecule has 0 spiro atoms. The van der Waals surface area contributed by atoms with E-state index < -0.39 is 0 Å². The average molecular weight is 1090 g/mol. The maximum Gasteiger partial charge on any atom is 0.148 e. The molecule has 0 fully saturated rings. The van der Waals surface area contributed by atoms with Crippen LogP contribution in [-0.2, 0) is 31.9 Å². The largest absolute Gasteiger partial charge is 0.507 e. The van der Waals surface area contributed by atoms with Gasteiger partial charge < -0.3 is 5.11 Å². The van der Waals surface area contributed by atoms with Gasteiger partial charge in [-0.3, -0.25) is 9.55 Å². The fourth-order valence-electron chi connectivity index (χ4n) is 9.28. The van der Waals surface area contributed by atoms with Crippen molar-refractivity contribution in [2.45, 2.75) is 66.2 Å². The van der Waals surface area contributed by atoms with E-state index in [9.17, 15) is 5.11 Å². The number of para-hydroxylation sites is 2. The zero-order chi connectivity index (χ0) is 48.1. The van der Waals surface area contributed by atoms with Crippen molar-refractivity contribution in [2.75, 3.05) is 0 Å². The Hall–Kier alpha value is -7.13. The van der Waals surface area contributed by atoms with Gasteiger partial charge in [-0.25, -0.2) is 4.98 Å². The maximum absolute atomic E-state index is 12.4. The Morgan fingerprint density at radius 2 is 1.01 bits per heavy atom. The number of aromatic hydroxyl groups is 1. The first-order valence-electron chi connectivity index (χ1n) is 24.0. The number of hydrogen-bond donors (Lipinski definition) is 1. The fourth-order valence-corrected chi connectivity index (χ4v) is 9.28. The van der Waals surface area contributed by atoms with Gasteiger partial charge in [0.2, 0.25) is 0 Å². The normalized spacial score (nSPS) is 11.9. The summed E-state index contributed by atoms with van der Waals surface area (Å²) in [5, 5.41) is 12.4. The van der Waals surface area contributed by atoms with E-state index in [0.29, 0.717) is 11.4 Å². The Bertz CT molecular complexity index is 3470. The van der Waals surface area contributed by atoms with Crippen LogP contribution in [0.3, 0.4) is 0 Å². The van der Waals surface area contributed by atoms with Gasteiger partial charge in [-0.05, 0) is 85.5 Å². The number of imidazole rings is 1. The monoisotopic (exact) mass is 1090 g/mol. The molecular formula is C65H58N3OPt-. The molecule has 350 valence electrons. The van der Waals surface area contributed by atoms with Crippen molar-refractivity contribution in [1.29, 1.82) is 0 Å². The van der Waals surface area contributed by atoms with E-state index in [2.05, 4.69) is 206 Å². The first kappa shape index (κ1) is 47.9. The van der Waals surface area contributed by atoms with Crippen LogP contribution in [0.1, 0.15) is 66.5 Å². The van der Waals surface area contributed by atoms with E-state index in [1.807, 2.05) is 60.8 Å². The van der Waals surface area contributed by atoms with Crippen molar-refractivity contribution >= 4 is 11.0 Å². The van der Waals surface area contributed by atoms with Gasteiger partial charge in [-0.1, -0.05) is 224 Å². The molecule has 0 aliphatic rings. The minimum atomic E-state index is -0.0864. The van der Waals surface area contributed by atoms with Gasteiger partial charge in [0.05, 0.1) is 22.3 Å². The molecule has 5 heteroatoms. The number of fused-ring (bicyclic) bond motifs is 1. The van der Waals surface area contributed by atoms with Gasteiger partial charge in [-0.15, -0.1) is 23.8 Å². The summed E-state index contributed by atoms with van der Waals surface area (Å²) >= 11 is 0. The second kappa shape index (κ2) is 19.0. The molecule has 10 aromatic rings.